The molecule has 0 unspecified atom stereocenters. The molecule has 0 spiro atoms. The Balaban J connectivity index is 1.90. The Labute approximate surface area is 123 Å². The van der Waals surface area contributed by atoms with Gasteiger partial charge in [-0.3, -0.25) is 0 Å². The first-order chi connectivity index (χ1) is 9.46. The summed E-state index contributed by atoms with van der Waals surface area (Å²) in [5, 5.41) is 1.00. The van der Waals surface area contributed by atoms with Gasteiger partial charge in [0.15, 0.2) is 0 Å². The molecule has 0 saturated carbocycles. The number of aromatic nitrogens is 1. The first-order valence-corrected chi connectivity index (χ1v) is 8.86. The fourth-order valence-corrected chi connectivity index (χ4v) is 3.92. The van der Waals surface area contributed by atoms with Crippen LogP contribution in [0.15, 0.2) is 30.5 Å². The van der Waals surface area contributed by atoms with Crippen LogP contribution >= 0.6 is 11.3 Å². The third-order valence-electron chi connectivity index (χ3n) is 2.97. The van der Waals surface area contributed by atoms with Crippen molar-refractivity contribution in [1.29, 1.82) is 0 Å². The molecule has 0 aliphatic rings. The summed E-state index contributed by atoms with van der Waals surface area (Å²) in [6.45, 7) is 4.28. The van der Waals surface area contributed by atoms with E-state index in [2.05, 4.69) is 9.71 Å². The highest BCUT2D eigenvalue weighted by atomic mass is 32.2. The molecule has 0 atom stereocenters. The van der Waals surface area contributed by atoms with E-state index in [1.165, 1.54) is 0 Å². The predicted molar refractivity (Wildman–Crippen MR) is 82.4 cm³/mol. The summed E-state index contributed by atoms with van der Waals surface area (Å²) in [6.07, 6.45) is 2.48. The Morgan fingerprint density at radius 1 is 1.25 bits per heavy atom. The third-order valence-corrected chi connectivity index (χ3v) is 5.28. The zero-order chi connectivity index (χ0) is 14.6. The second-order valence-corrected chi connectivity index (χ2v) is 7.80. The van der Waals surface area contributed by atoms with Crippen LogP contribution in [0.4, 0.5) is 0 Å². The number of benzene rings is 1. The van der Waals surface area contributed by atoms with Gasteiger partial charge in [-0.25, -0.2) is 18.1 Å². The maximum Gasteiger partial charge on any atom is 0.215 e. The van der Waals surface area contributed by atoms with Crippen LogP contribution in [0.1, 0.15) is 21.0 Å². The van der Waals surface area contributed by atoms with Crippen molar-refractivity contribution in [3.63, 3.8) is 0 Å². The smallest absolute Gasteiger partial charge is 0.215 e. The van der Waals surface area contributed by atoms with Crippen LogP contribution in [0.3, 0.4) is 0 Å². The van der Waals surface area contributed by atoms with E-state index in [1.54, 1.807) is 17.5 Å². The lowest BCUT2D eigenvalue weighted by molar-refractivity contribution is 0.581. The molecule has 0 saturated heterocycles. The molecule has 1 heterocycles. The van der Waals surface area contributed by atoms with E-state index in [-0.39, 0.29) is 5.75 Å². The van der Waals surface area contributed by atoms with Gasteiger partial charge in [0.2, 0.25) is 10.0 Å². The Morgan fingerprint density at radius 2 is 2.00 bits per heavy atom. The quantitative estimate of drug-likeness (QED) is 0.891. The number of hydrogen-bond donors (Lipinski definition) is 1. The van der Waals surface area contributed by atoms with Crippen LogP contribution in [0.2, 0.25) is 0 Å². The van der Waals surface area contributed by atoms with Crippen molar-refractivity contribution in [3.8, 4) is 0 Å². The van der Waals surface area contributed by atoms with Gasteiger partial charge in [0, 0.05) is 17.6 Å². The van der Waals surface area contributed by atoms with Crippen molar-refractivity contribution in [2.75, 3.05) is 6.54 Å². The van der Waals surface area contributed by atoms with Gasteiger partial charge < -0.3 is 0 Å². The van der Waals surface area contributed by atoms with Crippen LogP contribution in [-0.2, 0) is 22.2 Å². The van der Waals surface area contributed by atoms with Gasteiger partial charge in [0.05, 0.1) is 10.8 Å². The largest absolute Gasteiger partial charge is 0.250 e. The zero-order valence-corrected chi connectivity index (χ0v) is 13.2. The van der Waals surface area contributed by atoms with Crippen molar-refractivity contribution in [1.82, 2.24) is 9.71 Å². The number of rotatable bonds is 6. The predicted octanol–water partition coefficient (Wildman–Crippen LogP) is 2.42. The van der Waals surface area contributed by atoms with Crippen molar-refractivity contribution in [2.24, 2.45) is 0 Å². The maximum absolute atomic E-state index is 12.0. The zero-order valence-electron chi connectivity index (χ0n) is 11.6. The SMILES string of the molecule is Cc1ncc(CCNS(=O)(=O)Cc2ccccc2C)s1. The second-order valence-electron chi connectivity index (χ2n) is 4.68. The molecule has 1 N–H and O–H groups in total. The van der Waals surface area contributed by atoms with E-state index in [0.29, 0.717) is 13.0 Å². The molecule has 1 aromatic carbocycles. The molecule has 0 radical (unpaired) electrons. The molecule has 4 nitrogen and oxygen atoms in total. The summed E-state index contributed by atoms with van der Waals surface area (Å²) in [7, 11) is -3.29. The average Bonchev–Trinajstić information content (AvgIpc) is 2.77. The fraction of sp³-hybridized carbons (Fsp3) is 0.357. The Bertz CT molecular complexity index is 678. The van der Waals surface area contributed by atoms with Crippen LogP contribution in [0.5, 0.6) is 0 Å². The first kappa shape index (κ1) is 15.2. The van der Waals surface area contributed by atoms with Crippen LogP contribution in [0, 0.1) is 13.8 Å². The summed E-state index contributed by atoms with van der Waals surface area (Å²) in [5.74, 6) is 0.0292. The summed E-state index contributed by atoms with van der Waals surface area (Å²) >= 11 is 1.60. The highest BCUT2D eigenvalue weighted by molar-refractivity contribution is 7.88. The normalized spacial score (nSPS) is 11.7. The van der Waals surface area contributed by atoms with Gasteiger partial charge in [-0.15, -0.1) is 11.3 Å². The number of aryl methyl sites for hydroxylation is 2. The summed E-state index contributed by atoms with van der Waals surface area (Å²) < 4.78 is 26.7. The number of sulfonamides is 1. The first-order valence-electron chi connectivity index (χ1n) is 6.39. The van der Waals surface area contributed by atoms with Crippen molar-refractivity contribution >= 4 is 21.4 Å². The molecular weight excluding hydrogens is 292 g/mol. The molecule has 2 rings (SSSR count). The van der Waals surface area contributed by atoms with Crippen LogP contribution < -0.4 is 4.72 Å². The van der Waals surface area contributed by atoms with Crippen molar-refractivity contribution in [2.45, 2.75) is 26.0 Å². The number of nitrogens with one attached hydrogen (secondary N) is 1. The highest BCUT2D eigenvalue weighted by Gasteiger charge is 2.12. The van der Waals surface area contributed by atoms with Gasteiger partial charge in [0.1, 0.15) is 0 Å². The molecule has 6 heteroatoms. The van der Waals surface area contributed by atoms with Crippen molar-refractivity contribution in [3.05, 3.63) is 51.5 Å². The second kappa shape index (κ2) is 6.47. The monoisotopic (exact) mass is 310 g/mol. The topological polar surface area (TPSA) is 59.1 Å². The number of thiazole rings is 1. The van der Waals surface area contributed by atoms with Gasteiger partial charge in [-0.2, -0.15) is 0 Å². The summed E-state index contributed by atoms with van der Waals surface area (Å²) in [6, 6.07) is 7.54. The van der Waals surface area contributed by atoms with E-state index in [1.807, 2.05) is 38.1 Å². The molecule has 2 aromatic rings. The standard InChI is InChI=1S/C14H18N2O2S2/c1-11-5-3-4-6-13(11)10-20(17,18)16-8-7-14-9-15-12(2)19-14/h3-6,9,16H,7-8,10H2,1-2H3. The molecule has 0 bridgehead atoms. The molecule has 1 aromatic heterocycles. The molecule has 0 fully saturated rings. The van der Waals surface area contributed by atoms with Gasteiger partial charge >= 0.3 is 0 Å². The number of nitrogens with zero attached hydrogens (tertiary/aromatic N) is 1. The lowest BCUT2D eigenvalue weighted by atomic mass is 10.1. The van der Waals surface area contributed by atoms with Crippen molar-refractivity contribution < 1.29 is 8.42 Å². The molecule has 108 valence electrons. The van der Waals surface area contributed by atoms with E-state index >= 15 is 0 Å². The van der Waals surface area contributed by atoms with Gasteiger partial charge in [-0.05, 0) is 31.4 Å². The molecule has 0 aliphatic heterocycles. The van der Waals surface area contributed by atoms with E-state index in [4.69, 9.17) is 0 Å². The minimum atomic E-state index is -3.29. The molecule has 0 amide bonds. The lowest BCUT2D eigenvalue weighted by Crippen LogP contribution is -2.27. The minimum absolute atomic E-state index is 0.0292. The maximum atomic E-state index is 12.0. The van der Waals surface area contributed by atoms with E-state index < -0.39 is 10.0 Å². The average molecular weight is 310 g/mol. The van der Waals surface area contributed by atoms with E-state index in [0.717, 1.165) is 21.0 Å². The summed E-state index contributed by atoms with van der Waals surface area (Å²) in [4.78, 5) is 5.25. The number of hydrogen-bond acceptors (Lipinski definition) is 4. The summed E-state index contributed by atoms with van der Waals surface area (Å²) in [5.41, 5.74) is 1.84. The Kier molecular flexibility index (Phi) is 4.91. The van der Waals surface area contributed by atoms with Gasteiger partial charge in [0.25, 0.3) is 0 Å². The Hall–Kier alpha value is -1.24. The highest BCUT2D eigenvalue weighted by Crippen LogP contribution is 2.13. The molecule has 20 heavy (non-hydrogen) atoms. The third kappa shape index (κ3) is 4.40. The minimum Gasteiger partial charge on any atom is -0.250 e. The Morgan fingerprint density at radius 3 is 2.65 bits per heavy atom. The van der Waals surface area contributed by atoms with Crippen LogP contribution in [0.25, 0.3) is 0 Å². The fourth-order valence-electron chi connectivity index (χ4n) is 1.88. The molecular formula is C14H18N2O2S2. The van der Waals surface area contributed by atoms with Crippen LogP contribution in [-0.4, -0.2) is 19.9 Å². The van der Waals surface area contributed by atoms with Gasteiger partial charge in [-0.1, -0.05) is 24.3 Å². The lowest BCUT2D eigenvalue weighted by Gasteiger charge is -2.08. The van der Waals surface area contributed by atoms with E-state index in [9.17, 15) is 8.42 Å². The molecule has 0 aliphatic carbocycles.